The topological polar surface area (TPSA) is 21.3 Å². The number of ether oxygens (including phenoxy) is 1. The van der Waals surface area contributed by atoms with Crippen molar-refractivity contribution in [2.45, 2.75) is 57.2 Å². The smallest absolute Gasteiger partial charge is 0.123 e. The summed E-state index contributed by atoms with van der Waals surface area (Å²) in [6.45, 7) is 2.76. The molecule has 104 valence electrons. The van der Waals surface area contributed by atoms with Crippen LogP contribution in [0.2, 0.25) is 0 Å². The number of benzene rings is 1. The second-order valence-electron chi connectivity index (χ2n) is 6.01. The highest BCUT2D eigenvalue weighted by Gasteiger charge is 2.41. The molecule has 1 aromatic carbocycles. The van der Waals surface area contributed by atoms with Crippen molar-refractivity contribution in [3.05, 3.63) is 29.6 Å². The molecule has 19 heavy (non-hydrogen) atoms. The Labute approximate surface area is 114 Å². The predicted octanol–water partition coefficient (Wildman–Crippen LogP) is 4.04. The van der Waals surface area contributed by atoms with Crippen LogP contribution in [0.25, 0.3) is 0 Å². The molecule has 1 N–H and O–H groups in total. The Bertz CT molecular complexity index is 454. The van der Waals surface area contributed by atoms with Crippen LogP contribution in [0.4, 0.5) is 10.1 Å². The second-order valence-corrected chi connectivity index (χ2v) is 6.01. The highest BCUT2D eigenvalue weighted by atomic mass is 19.1. The minimum atomic E-state index is -0.176. The molecule has 1 unspecified atom stereocenters. The van der Waals surface area contributed by atoms with Crippen LogP contribution in [0.15, 0.2) is 18.2 Å². The number of anilines is 1. The zero-order chi connectivity index (χ0) is 13.3. The standard InChI is InChI=1S/C16H22FNO/c1-12-10-13(17)4-5-15(12)18-11-14-6-9-16(19-14)7-2-3-8-16/h4-5,10,14,18H,2-3,6-9,11H2,1H3. The third kappa shape index (κ3) is 2.76. The zero-order valence-electron chi connectivity index (χ0n) is 11.5. The molecule has 0 amide bonds. The number of aryl methyl sites for hydroxylation is 1. The van der Waals surface area contributed by atoms with E-state index in [4.69, 9.17) is 4.74 Å². The summed E-state index contributed by atoms with van der Waals surface area (Å²) < 4.78 is 19.3. The van der Waals surface area contributed by atoms with Crippen molar-refractivity contribution >= 4 is 5.69 Å². The number of nitrogens with one attached hydrogen (secondary N) is 1. The molecule has 0 bridgehead atoms. The molecule has 2 nitrogen and oxygen atoms in total. The summed E-state index contributed by atoms with van der Waals surface area (Å²) in [5, 5.41) is 3.40. The van der Waals surface area contributed by atoms with E-state index >= 15 is 0 Å². The van der Waals surface area contributed by atoms with E-state index in [1.54, 1.807) is 6.07 Å². The number of hydrogen-bond donors (Lipinski definition) is 1. The molecule has 1 saturated heterocycles. The van der Waals surface area contributed by atoms with Crippen LogP contribution < -0.4 is 5.32 Å². The van der Waals surface area contributed by atoms with Crippen molar-refractivity contribution < 1.29 is 9.13 Å². The molecule has 1 aliphatic carbocycles. The van der Waals surface area contributed by atoms with Crippen molar-refractivity contribution in [2.24, 2.45) is 0 Å². The molecule has 2 fully saturated rings. The molecule has 1 aromatic rings. The maximum Gasteiger partial charge on any atom is 0.123 e. The average molecular weight is 263 g/mol. The Morgan fingerprint density at radius 1 is 1.32 bits per heavy atom. The van der Waals surface area contributed by atoms with E-state index in [0.717, 1.165) is 24.2 Å². The lowest BCUT2D eigenvalue weighted by atomic mass is 9.98. The van der Waals surface area contributed by atoms with E-state index in [0.29, 0.717) is 6.10 Å². The molecule has 1 spiro atoms. The first-order chi connectivity index (χ1) is 9.17. The number of rotatable bonds is 3. The maximum atomic E-state index is 13.0. The molecule has 2 aliphatic rings. The summed E-state index contributed by atoms with van der Waals surface area (Å²) in [6, 6.07) is 4.88. The van der Waals surface area contributed by atoms with Crippen LogP contribution >= 0.6 is 0 Å². The fourth-order valence-electron chi connectivity index (χ4n) is 3.48. The molecule has 1 heterocycles. The van der Waals surface area contributed by atoms with Crippen LogP contribution in [0.5, 0.6) is 0 Å². The van der Waals surface area contributed by atoms with Gasteiger partial charge in [0.05, 0.1) is 11.7 Å². The summed E-state index contributed by atoms with van der Waals surface area (Å²) >= 11 is 0. The minimum Gasteiger partial charge on any atom is -0.382 e. The van der Waals surface area contributed by atoms with Crippen LogP contribution in [0.1, 0.15) is 44.1 Å². The Hall–Kier alpha value is -1.09. The lowest BCUT2D eigenvalue weighted by Crippen LogP contribution is -2.28. The first-order valence-corrected chi connectivity index (χ1v) is 7.35. The van der Waals surface area contributed by atoms with Crippen molar-refractivity contribution in [2.75, 3.05) is 11.9 Å². The molecule has 3 rings (SSSR count). The van der Waals surface area contributed by atoms with Gasteiger partial charge in [0.25, 0.3) is 0 Å². The van der Waals surface area contributed by atoms with Crippen LogP contribution in [0.3, 0.4) is 0 Å². The summed E-state index contributed by atoms with van der Waals surface area (Å²) in [5.74, 6) is -0.176. The van der Waals surface area contributed by atoms with Gasteiger partial charge in [-0.2, -0.15) is 0 Å². The van der Waals surface area contributed by atoms with Gasteiger partial charge in [0.15, 0.2) is 0 Å². The van der Waals surface area contributed by atoms with Gasteiger partial charge in [0, 0.05) is 12.2 Å². The quantitative estimate of drug-likeness (QED) is 0.888. The summed E-state index contributed by atoms with van der Waals surface area (Å²) in [6.07, 6.45) is 7.77. The first kappa shape index (κ1) is 12.9. The van der Waals surface area contributed by atoms with Gasteiger partial charge in [-0.1, -0.05) is 12.8 Å². The normalized spacial score (nSPS) is 25.1. The summed E-state index contributed by atoms with van der Waals surface area (Å²) in [4.78, 5) is 0. The van der Waals surface area contributed by atoms with Crippen LogP contribution in [-0.4, -0.2) is 18.2 Å². The largest absolute Gasteiger partial charge is 0.382 e. The molecule has 0 aromatic heterocycles. The van der Waals surface area contributed by atoms with Crippen molar-refractivity contribution in [1.82, 2.24) is 0 Å². The van der Waals surface area contributed by atoms with E-state index in [2.05, 4.69) is 5.32 Å². The van der Waals surface area contributed by atoms with Gasteiger partial charge in [-0.25, -0.2) is 4.39 Å². The Morgan fingerprint density at radius 2 is 2.11 bits per heavy atom. The zero-order valence-corrected chi connectivity index (χ0v) is 11.5. The molecule has 1 atom stereocenters. The summed E-state index contributed by atoms with van der Waals surface area (Å²) in [7, 11) is 0. The van der Waals surface area contributed by atoms with Crippen molar-refractivity contribution in [1.29, 1.82) is 0 Å². The van der Waals surface area contributed by atoms with E-state index in [1.165, 1.54) is 38.2 Å². The van der Waals surface area contributed by atoms with Crippen molar-refractivity contribution in [3.8, 4) is 0 Å². The molecular weight excluding hydrogens is 241 g/mol. The molecule has 1 aliphatic heterocycles. The van der Waals surface area contributed by atoms with E-state index in [-0.39, 0.29) is 11.4 Å². The number of hydrogen-bond acceptors (Lipinski definition) is 2. The fraction of sp³-hybridized carbons (Fsp3) is 0.625. The van der Waals surface area contributed by atoms with Gasteiger partial charge in [0.2, 0.25) is 0 Å². The second kappa shape index (κ2) is 5.12. The first-order valence-electron chi connectivity index (χ1n) is 7.35. The lowest BCUT2D eigenvalue weighted by molar-refractivity contribution is -0.0307. The maximum absolute atomic E-state index is 13.0. The predicted molar refractivity (Wildman–Crippen MR) is 74.9 cm³/mol. The lowest BCUT2D eigenvalue weighted by Gasteiger charge is -2.24. The minimum absolute atomic E-state index is 0.176. The average Bonchev–Trinajstić information content (AvgIpc) is 2.99. The monoisotopic (exact) mass is 263 g/mol. The van der Waals surface area contributed by atoms with Crippen LogP contribution in [0, 0.1) is 12.7 Å². The van der Waals surface area contributed by atoms with Gasteiger partial charge >= 0.3 is 0 Å². The third-order valence-corrected chi connectivity index (χ3v) is 4.56. The highest BCUT2D eigenvalue weighted by molar-refractivity contribution is 5.50. The Kier molecular flexibility index (Phi) is 3.48. The Balaban J connectivity index is 1.55. The molecule has 0 radical (unpaired) electrons. The summed E-state index contributed by atoms with van der Waals surface area (Å²) in [5.41, 5.74) is 2.16. The van der Waals surface area contributed by atoms with E-state index < -0.39 is 0 Å². The highest BCUT2D eigenvalue weighted by Crippen LogP contribution is 2.43. The fourth-order valence-corrected chi connectivity index (χ4v) is 3.48. The van der Waals surface area contributed by atoms with Gasteiger partial charge in [-0.3, -0.25) is 0 Å². The molecule has 3 heteroatoms. The van der Waals surface area contributed by atoms with Crippen molar-refractivity contribution in [3.63, 3.8) is 0 Å². The van der Waals surface area contributed by atoms with E-state index in [9.17, 15) is 4.39 Å². The Morgan fingerprint density at radius 3 is 2.84 bits per heavy atom. The SMILES string of the molecule is Cc1cc(F)ccc1NCC1CCC2(CCCC2)O1. The van der Waals surface area contributed by atoms with E-state index in [1.807, 2.05) is 13.0 Å². The molecular formula is C16H22FNO. The van der Waals surface area contributed by atoms with Crippen LogP contribution in [-0.2, 0) is 4.74 Å². The third-order valence-electron chi connectivity index (χ3n) is 4.56. The van der Waals surface area contributed by atoms with Gasteiger partial charge in [0.1, 0.15) is 5.82 Å². The molecule has 1 saturated carbocycles. The van der Waals surface area contributed by atoms with Gasteiger partial charge < -0.3 is 10.1 Å². The van der Waals surface area contributed by atoms with Gasteiger partial charge in [-0.05, 0) is 56.4 Å². The van der Waals surface area contributed by atoms with Gasteiger partial charge in [-0.15, -0.1) is 0 Å². The number of halogens is 1.